The Labute approximate surface area is 95.4 Å². The Morgan fingerprint density at radius 3 is 2.56 bits per heavy atom. The third kappa shape index (κ3) is 2.21. The second-order valence-electron chi connectivity index (χ2n) is 4.69. The molecule has 2 heterocycles. The highest BCUT2D eigenvalue weighted by atomic mass is 16.6. The predicted octanol–water partition coefficient (Wildman–Crippen LogP) is 0.431. The van der Waals surface area contributed by atoms with E-state index in [1.807, 2.05) is 13.8 Å². The van der Waals surface area contributed by atoms with E-state index in [0.717, 1.165) is 12.8 Å². The summed E-state index contributed by atoms with van der Waals surface area (Å²) in [6, 6.07) is -0.345. The van der Waals surface area contributed by atoms with Gasteiger partial charge in [0.1, 0.15) is 11.8 Å². The van der Waals surface area contributed by atoms with Crippen LogP contribution in [0.15, 0.2) is 0 Å². The lowest BCUT2D eigenvalue weighted by molar-refractivity contribution is -0.147. The van der Waals surface area contributed by atoms with Crippen LogP contribution in [0.2, 0.25) is 0 Å². The van der Waals surface area contributed by atoms with Crippen molar-refractivity contribution in [2.75, 3.05) is 13.7 Å². The first kappa shape index (κ1) is 11.8. The van der Waals surface area contributed by atoms with Gasteiger partial charge in [-0.3, -0.25) is 10.1 Å². The summed E-state index contributed by atoms with van der Waals surface area (Å²) in [5, 5.41) is 3.24. The summed E-state index contributed by atoms with van der Waals surface area (Å²) < 4.78 is 16.1. The summed E-state index contributed by atoms with van der Waals surface area (Å²) in [6.07, 6.45) is 1.83. The number of rotatable bonds is 1. The molecule has 2 rings (SSSR count). The van der Waals surface area contributed by atoms with E-state index in [4.69, 9.17) is 14.2 Å². The Morgan fingerprint density at radius 1 is 1.38 bits per heavy atom. The summed E-state index contributed by atoms with van der Waals surface area (Å²) in [7, 11) is 1.39. The van der Waals surface area contributed by atoms with E-state index < -0.39 is 5.72 Å². The molecule has 16 heavy (non-hydrogen) atoms. The molecule has 2 aliphatic heterocycles. The van der Waals surface area contributed by atoms with Gasteiger partial charge in [0, 0.05) is 12.8 Å². The molecule has 2 saturated heterocycles. The molecule has 92 valence electrons. The van der Waals surface area contributed by atoms with Crippen LogP contribution in [-0.4, -0.2) is 43.7 Å². The van der Waals surface area contributed by atoms with Crippen molar-refractivity contribution in [2.45, 2.75) is 50.7 Å². The first-order valence-corrected chi connectivity index (χ1v) is 5.69. The standard InChI is InChI=1S/C11H19NO4/c1-7-4-11(5-8(2)16-7)12-9(6-15-11)10(13)14-3/h7-9,12H,4-6H2,1-3H3/t7-,8+,9?,11?. The van der Waals surface area contributed by atoms with Crippen molar-refractivity contribution in [3.63, 3.8) is 0 Å². The molecule has 2 unspecified atom stereocenters. The van der Waals surface area contributed by atoms with Gasteiger partial charge in [0.05, 0.1) is 25.9 Å². The molecule has 0 amide bonds. The molecule has 0 aliphatic carbocycles. The van der Waals surface area contributed by atoms with Crippen molar-refractivity contribution in [3.8, 4) is 0 Å². The van der Waals surface area contributed by atoms with Crippen LogP contribution in [0.25, 0.3) is 0 Å². The van der Waals surface area contributed by atoms with Crippen LogP contribution < -0.4 is 5.32 Å². The molecule has 0 aromatic rings. The van der Waals surface area contributed by atoms with Crippen molar-refractivity contribution in [2.24, 2.45) is 0 Å². The van der Waals surface area contributed by atoms with Crippen molar-refractivity contribution in [3.05, 3.63) is 0 Å². The van der Waals surface area contributed by atoms with Crippen LogP contribution in [-0.2, 0) is 19.0 Å². The quantitative estimate of drug-likeness (QED) is 0.661. The van der Waals surface area contributed by atoms with Crippen LogP contribution in [0, 0.1) is 0 Å². The second-order valence-corrected chi connectivity index (χ2v) is 4.69. The van der Waals surface area contributed by atoms with E-state index in [2.05, 4.69) is 5.32 Å². The van der Waals surface area contributed by atoms with Gasteiger partial charge in [-0.2, -0.15) is 0 Å². The molecule has 5 nitrogen and oxygen atoms in total. The zero-order valence-corrected chi connectivity index (χ0v) is 9.99. The van der Waals surface area contributed by atoms with Gasteiger partial charge in [0.25, 0.3) is 0 Å². The highest BCUT2D eigenvalue weighted by Gasteiger charge is 2.47. The van der Waals surface area contributed by atoms with E-state index in [9.17, 15) is 4.79 Å². The van der Waals surface area contributed by atoms with Crippen LogP contribution >= 0.6 is 0 Å². The molecule has 0 bridgehead atoms. The first-order valence-electron chi connectivity index (χ1n) is 5.69. The molecule has 1 spiro atoms. The number of hydrogen-bond donors (Lipinski definition) is 1. The summed E-state index contributed by atoms with van der Waals surface area (Å²) in [5.74, 6) is -0.260. The maximum Gasteiger partial charge on any atom is 0.325 e. The molecule has 2 fully saturated rings. The van der Waals surface area contributed by atoms with E-state index >= 15 is 0 Å². The third-order valence-electron chi connectivity index (χ3n) is 3.15. The molecule has 5 heteroatoms. The minimum atomic E-state index is -0.407. The maximum atomic E-state index is 11.4. The minimum Gasteiger partial charge on any atom is -0.468 e. The number of carbonyl (C=O) groups excluding carboxylic acids is 1. The zero-order valence-electron chi connectivity index (χ0n) is 9.99. The Kier molecular flexibility index (Phi) is 3.19. The molecule has 0 aromatic heterocycles. The van der Waals surface area contributed by atoms with Crippen molar-refractivity contribution in [1.82, 2.24) is 5.32 Å². The average molecular weight is 229 g/mol. The lowest BCUT2D eigenvalue weighted by Crippen LogP contribution is -2.53. The van der Waals surface area contributed by atoms with Crippen LogP contribution in [0.5, 0.6) is 0 Å². The highest BCUT2D eigenvalue weighted by molar-refractivity contribution is 5.76. The Morgan fingerprint density at radius 2 is 2.00 bits per heavy atom. The van der Waals surface area contributed by atoms with Crippen LogP contribution in [0.1, 0.15) is 26.7 Å². The molecule has 4 atom stereocenters. The Hall–Kier alpha value is -0.650. The molecule has 0 saturated carbocycles. The highest BCUT2D eigenvalue weighted by Crippen LogP contribution is 2.33. The number of methoxy groups -OCH3 is 1. The SMILES string of the molecule is COC(=O)C1COC2(C[C@@H](C)O[C@@H](C)C2)N1. The third-order valence-corrected chi connectivity index (χ3v) is 3.15. The smallest absolute Gasteiger partial charge is 0.325 e. The fraction of sp³-hybridized carbons (Fsp3) is 0.909. The van der Waals surface area contributed by atoms with Gasteiger partial charge < -0.3 is 14.2 Å². The van der Waals surface area contributed by atoms with Gasteiger partial charge in [-0.15, -0.1) is 0 Å². The fourth-order valence-corrected chi connectivity index (χ4v) is 2.65. The lowest BCUT2D eigenvalue weighted by atomic mass is 9.95. The molecular formula is C11H19NO4. The summed E-state index contributed by atoms with van der Waals surface area (Å²) >= 11 is 0. The maximum absolute atomic E-state index is 11.4. The van der Waals surface area contributed by atoms with Crippen LogP contribution in [0.4, 0.5) is 0 Å². The van der Waals surface area contributed by atoms with Crippen LogP contribution in [0.3, 0.4) is 0 Å². The second kappa shape index (κ2) is 4.31. The molecule has 2 aliphatic rings. The Balaban J connectivity index is 2.02. The topological polar surface area (TPSA) is 56.8 Å². The predicted molar refractivity (Wildman–Crippen MR) is 56.9 cm³/mol. The van der Waals surface area contributed by atoms with E-state index in [1.165, 1.54) is 7.11 Å². The lowest BCUT2D eigenvalue weighted by Gasteiger charge is -2.39. The average Bonchev–Trinajstić information content (AvgIpc) is 2.58. The van der Waals surface area contributed by atoms with E-state index in [1.54, 1.807) is 0 Å². The molecule has 0 radical (unpaired) electrons. The number of hydrogen-bond acceptors (Lipinski definition) is 5. The zero-order chi connectivity index (χ0) is 11.8. The van der Waals surface area contributed by atoms with Gasteiger partial charge in [0.15, 0.2) is 0 Å². The molecule has 1 N–H and O–H groups in total. The van der Waals surface area contributed by atoms with E-state index in [0.29, 0.717) is 6.61 Å². The molecular weight excluding hydrogens is 210 g/mol. The summed E-state index contributed by atoms with van der Waals surface area (Å²) in [5.41, 5.74) is -0.407. The van der Waals surface area contributed by atoms with Gasteiger partial charge in [-0.25, -0.2) is 0 Å². The summed E-state index contributed by atoms with van der Waals surface area (Å²) in [4.78, 5) is 11.4. The summed E-state index contributed by atoms with van der Waals surface area (Å²) in [6.45, 7) is 4.42. The van der Waals surface area contributed by atoms with Gasteiger partial charge >= 0.3 is 5.97 Å². The number of nitrogens with one attached hydrogen (secondary N) is 1. The van der Waals surface area contributed by atoms with Crippen molar-refractivity contribution >= 4 is 5.97 Å². The van der Waals surface area contributed by atoms with Crippen molar-refractivity contribution < 1.29 is 19.0 Å². The van der Waals surface area contributed by atoms with Gasteiger partial charge in [0.2, 0.25) is 0 Å². The fourth-order valence-electron chi connectivity index (χ4n) is 2.65. The van der Waals surface area contributed by atoms with E-state index in [-0.39, 0.29) is 24.2 Å². The van der Waals surface area contributed by atoms with Gasteiger partial charge in [-0.05, 0) is 13.8 Å². The molecule has 0 aromatic carbocycles. The number of esters is 1. The monoisotopic (exact) mass is 229 g/mol. The first-order chi connectivity index (χ1) is 7.54. The van der Waals surface area contributed by atoms with Gasteiger partial charge in [-0.1, -0.05) is 0 Å². The van der Waals surface area contributed by atoms with Crippen molar-refractivity contribution in [1.29, 1.82) is 0 Å². The normalized spacial score (nSPS) is 43.6. The largest absolute Gasteiger partial charge is 0.468 e. The Bertz CT molecular complexity index is 271. The number of carbonyl (C=O) groups is 1. The minimum absolute atomic E-state index is 0.146. The number of ether oxygens (including phenoxy) is 3.